The Morgan fingerprint density at radius 2 is 1.83 bits per heavy atom. The SMILES string of the molecule is CCCCCCNC1=C/C=C\C(C(O)O)=C/C=C1. The van der Waals surface area contributed by atoms with Crippen molar-refractivity contribution >= 4 is 0 Å². The molecule has 0 amide bonds. The van der Waals surface area contributed by atoms with Crippen molar-refractivity contribution in [2.24, 2.45) is 0 Å². The van der Waals surface area contributed by atoms with Crippen LogP contribution in [0.15, 0.2) is 47.7 Å². The molecule has 1 rings (SSSR count). The fourth-order valence-electron chi connectivity index (χ4n) is 1.71. The maximum atomic E-state index is 9.05. The van der Waals surface area contributed by atoms with Gasteiger partial charge in [0, 0.05) is 17.8 Å². The first-order valence-corrected chi connectivity index (χ1v) is 6.60. The van der Waals surface area contributed by atoms with E-state index in [1.165, 1.54) is 25.7 Å². The molecule has 0 saturated carbocycles. The number of rotatable bonds is 7. The fraction of sp³-hybridized carbons (Fsp3) is 0.467. The van der Waals surface area contributed by atoms with Crippen LogP contribution in [0, 0.1) is 0 Å². The maximum absolute atomic E-state index is 9.05. The predicted molar refractivity (Wildman–Crippen MR) is 74.8 cm³/mol. The molecule has 0 spiro atoms. The number of hydrogen-bond donors (Lipinski definition) is 3. The molecule has 0 bridgehead atoms. The van der Waals surface area contributed by atoms with Gasteiger partial charge in [-0.1, -0.05) is 50.5 Å². The molecule has 0 aromatic rings. The van der Waals surface area contributed by atoms with Gasteiger partial charge in [0.2, 0.25) is 0 Å². The Bertz CT molecular complexity index is 352. The molecule has 3 nitrogen and oxygen atoms in total. The monoisotopic (exact) mass is 249 g/mol. The van der Waals surface area contributed by atoms with Crippen molar-refractivity contribution < 1.29 is 10.2 Å². The third-order valence-electron chi connectivity index (χ3n) is 2.79. The lowest BCUT2D eigenvalue weighted by Gasteiger charge is -2.08. The van der Waals surface area contributed by atoms with Crippen molar-refractivity contribution in [3.63, 3.8) is 0 Å². The third kappa shape index (κ3) is 5.84. The zero-order chi connectivity index (χ0) is 13.2. The highest BCUT2D eigenvalue weighted by Crippen LogP contribution is 2.07. The summed E-state index contributed by atoms with van der Waals surface area (Å²) >= 11 is 0. The Morgan fingerprint density at radius 3 is 2.56 bits per heavy atom. The summed E-state index contributed by atoms with van der Waals surface area (Å²) in [6, 6.07) is 0. The molecule has 1 aliphatic carbocycles. The van der Waals surface area contributed by atoms with Crippen LogP contribution in [0.25, 0.3) is 0 Å². The highest BCUT2D eigenvalue weighted by atomic mass is 16.5. The van der Waals surface area contributed by atoms with E-state index < -0.39 is 6.29 Å². The first-order chi connectivity index (χ1) is 8.74. The summed E-state index contributed by atoms with van der Waals surface area (Å²) in [5, 5.41) is 21.5. The molecule has 0 aliphatic heterocycles. The van der Waals surface area contributed by atoms with Gasteiger partial charge in [-0.3, -0.25) is 0 Å². The molecule has 1 aliphatic rings. The van der Waals surface area contributed by atoms with Crippen LogP contribution in [0.3, 0.4) is 0 Å². The highest BCUT2D eigenvalue weighted by Gasteiger charge is 2.01. The Labute approximate surface area is 109 Å². The van der Waals surface area contributed by atoms with Gasteiger partial charge in [-0.2, -0.15) is 0 Å². The predicted octanol–water partition coefficient (Wildman–Crippen LogP) is 2.40. The molecule has 0 saturated heterocycles. The van der Waals surface area contributed by atoms with Crippen LogP contribution in [0.1, 0.15) is 32.6 Å². The average molecular weight is 249 g/mol. The van der Waals surface area contributed by atoms with E-state index in [4.69, 9.17) is 10.2 Å². The number of aliphatic hydroxyl groups excluding tert-OH is 1. The molecule has 0 radical (unpaired) electrons. The smallest absolute Gasteiger partial charge is 0.178 e. The van der Waals surface area contributed by atoms with E-state index >= 15 is 0 Å². The van der Waals surface area contributed by atoms with Crippen molar-refractivity contribution in [3.05, 3.63) is 47.7 Å². The number of aliphatic hydroxyl groups is 2. The molecule has 0 aromatic carbocycles. The lowest BCUT2D eigenvalue weighted by Crippen LogP contribution is -2.13. The molecule has 0 atom stereocenters. The van der Waals surface area contributed by atoms with Crippen molar-refractivity contribution in [1.82, 2.24) is 5.32 Å². The van der Waals surface area contributed by atoms with Gasteiger partial charge >= 0.3 is 0 Å². The van der Waals surface area contributed by atoms with E-state index in [1.54, 1.807) is 12.2 Å². The third-order valence-corrected chi connectivity index (χ3v) is 2.79. The van der Waals surface area contributed by atoms with Gasteiger partial charge in [0.1, 0.15) is 0 Å². The van der Waals surface area contributed by atoms with Gasteiger partial charge in [0.15, 0.2) is 6.29 Å². The molecule has 0 aromatic heterocycles. The Kier molecular flexibility index (Phi) is 7.14. The van der Waals surface area contributed by atoms with Gasteiger partial charge < -0.3 is 15.5 Å². The minimum absolute atomic E-state index is 0.490. The van der Waals surface area contributed by atoms with E-state index in [1.807, 2.05) is 24.3 Å². The Balaban J connectivity index is 2.37. The summed E-state index contributed by atoms with van der Waals surface area (Å²) in [5.41, 5.74) is 1.54. The lowest BCUT2D eigenvalue weighted by molar-refractivity contribution is -0.00481. The zero-order valence-corrected chi connectivity index (χ0v) is 11.0. The van der Waals surface area contributed by atoms with Crippen LogP contribution in [-0.2, 0) is 0 Å². The van der Waals surface area contributed by atoms with Crippen molar-refractivity contribution in [1.29, 1.82) is 0 Å². The minimum atomic E-state index is -1.41. The van der Waals surface area contributed by atoms with Crippen LogP contribution in [0.2, 0.25) is 0 Å². The molecule has 0 fully saturated rings. The largest absolute Gasteiger partial charge is 0.385 e. The maximum Gasteiger partial charge on any atom is 0.178 e. The van der Waals surface area contributed by atoms with E-state index in [0.717, 1.165) is 12.2 Å². The van der Waals surface area contributed by atoms with Crippen LogP contribution in [0.5, 0.6) is 0 Å². The van der Waals surface area contributed by atoms with E-state index in [9.17, 15) is 0 Å². The van der Waals surface area contributed by atoms with Gasteiger partial charge in [0.25, 0.3) is 0 Å². The van der Waals surface area contributed by atoms with Crippen LogP contribution in [-0.4, -0.2) is 23.0 Å². The second-order valence-electron chi connectivity index (χ2n) is 4.37. The molecule has 3 N–H and O–H groups in total. The van der Waals surface area contributed by atoms with Gasteiger partial charge in [-0.15, -0.1) is 0 Å². The number of nitrogens with one attached hydrogen (secondary N) is 1. The normalized spacial score (nSPS) is 19.8. The van der Waals surface area contributed by atoms with Crippen LogP contribution in [0.4, 0.5) is 0 Å². The highest BCUT2D eigenvalue weighted by molar-refractivity contribution is 5.35. The summed E-state index contributed by atoms with van der Waals surface area (Å²) < 4.78 is 0. The summed E-state index contributed by atoms with van der Waals surface area (Å²) in [7, 11) is 0. The number of unbranched alkanes of at least 4 members (excludes halogenated alkanes) is 3. The van der Waals surface area contributed by atoms with Crippen LogP contribution >= 0.6 is 0 Å². The van der Waals surface area contributed by atoms with E-state index in [-0.39, 0.29) is 0 Å². The second-order valence-corrected chi connectivity index (χ2v) is 4.37. The van der Waals surface area contributed by atoms with Crippen LogP contribution < -0.4 is 5.32 Å². The van der Waals surface area contributed by atoms with Gasteiger partial charge in [0.05, 0.1) is 0 Å². The van der Waals surface area contributed by atoms with E-state index in [2.05, 4.69) is 12.2 Å². The Hall–Kier alpha value is -1.32. The summed E-state index contributed by atoms with van der Waals surface area (Å²) in [5.74, 6) is 0. The van der Waals surface area contributed by atoms with E-state index in [0.29, 0.717) is 5.57 Å². The topological polar surface area (TPSA) is 52.5 Å². The lowest BCUT2D eigenvalue weighted by atomic mass is 10.1. The first kappa shape index (κ1) is 14.7. The zero-order valence-electron chi connectivity index (χ0n) is 11.0. The molecule has 100 valence electrons. The van der Waals surface area contributed by atoms with Crippen molar-refractivity contribution in [2.75, 3.05) is 6.54 Å². The van der Waals surface area contributed by atoms with Gasteiger partial charge in [-0.05, 0) is 18.6 Å². The molecule has 18 heavy (non-hydrogen) atoms. The standard InChI is InChI=1S/C15H23NO2/c1-2-3-4-5-12-16-14-10-6-8-13(15(17)18)9-7-11-14/h6-11,15-18H,2-5,12H2,1H3/b8-6-,9-7?,10-6?,11-7?,13-8?,13-9+,14-10?,14-11?. The number of allylic oxidation sites excluding steroid dienone is 5. The summed E-state index contributed by atoms with van der Waals surface area (Å²) in [6.45, 7) is 3.18. The minimum Gasteiger partial charge on any atom is -0.385 e. The summed E-state index contributed by atoms with van der Waals surface area (Å²) in [4.78, 5) is 0. The summed E-state index contributed by atoms with van der Waals surface area (Å²) in [6.07, 6.45) is 14.5. The Morgan fingerprint density at radius 1 is 1.06 bits per heavy atom. The molecule has 0 unspecified atom stereocenters. The fourth-order valence-corrected chi connectivity index (χ4v) is 1.71. The van der Waals surface area contributed by atoms with Crippen molar-refractivity contribution in [3.8, 4) is 0 Å². The molecular formula is C15H23NO2. The molecule has 0 heterocycles. The average Bonchev–Trinajstić information content (AvgIpc) is 2.30. The molecule has 3 heteroatoms. The van der Waals surface area contributed by atoms with Crippen molar-refractivity contribution in [2.45, 2.75) is 38.9 Å². The first-order valence-electron chi connectivity index (χ1n) is 6.60. The molecular weight excluding hydrogens is 226 g/mol. The van der Waals surface area contributed by atoms with Gasteiger partial charge in [-0.25, -0.2) is 0 Å². The number of hydrogen-bond acceptors (Lipinski definition) is 3. The second kappa shape index (κ2) is 8.72. The quantitative estimate of drug-likeness (QED) is 0.480.